The Morgan fingerprint density at radius 3 is 2.11 bits per heavy atom. The van der Waals surface area contributed by atoms with E-state index in [-0.39, 0.29) is 71.0 Å². The summed E-state index contributed by atoms with van der Waals surface area (Å²) in [4.78, 5) is 43.7. The van der Waals surface area contributed by atoms with Crippen molar-refractivity contribution in [2.45, 2.75) is 19.8 Å². The minimum Gasteiger partial charge on any atom is -0.541 e. The zero-order valence-electron chi connectivity index (χ0n) is 10.7. The number of hydrogen-bond acceptors (Lipinski definition) is 5. The number of carbonyl (C=O) groups is 3. The van der Waals surface area contributed by atoms with Crippen molar-refractivity contribution in [3.8, 4) is 0 Å². The first-order valence-electron chi connectivity index (χ1n) is 5.35. The molecule has 105 valence electrons. The van der Waals surface area contributed by atoms with Crippen molar-refractivity contribution in [2.24, 2.45) is 5.92 Å². The number of carboxylic acids is 2. The van der Waals surface area contributed by atoms with E-state index >= 15 is 0 Å². The summed E-state index contributed by atoms with van der Waals surface area (Å²) in [6, 6.07) is 0. The minimum absolute atomic E-state index is 0. The number of ketones is 1. The first-order valence-corrected chi connectivity index (χ1v) is 5.35. The third-order valence-corrected chi connectivity index (χ3v) is 2.20. The molecule has 0 saturated heterocycles. The second kappa shape index (κ2) is 11.2. The number of aliphatic carboxylic acids is 2. The Morgan fingerprint density at radius 1 is 1.16 bits per heavy atom. The van der Waals surface area contributed by atoms with E-state index < -0.39 is 17.9 Å². The van der Waals surface area contributed by atoms with Crippen molar-refractivity contribution in [2.75, 3.05) is 19.6 Å². The van der Waals surface area contributed by atoms with Crippen LogP contribution in [0.5, 0.6) is 0 Å². The summed E-state index contributed by atoms with van der Waals surface area (Å²) in [6.07, 6.45) is 1.37. The molecular weight excluding hydrogens is 331 g/mol. The van der Waals surface area contributed by atoms with Gasteiger partial charge in [0.25, 0.3) is 0 Å². The molecule has 0 aromatic rings. The SMILES string of the molecule is CC(=O)CC(CC(=O)O)CN(C[C-]=O)CC(=O)O.[Y]. The molecule has 1 radical (unpaired) electrons. The van der Waals surface area contributed by atoms with E-state index in [1.807, 2.05) is 0 Å². The summed E-state index contributed by atoms with van der Waals surface area (Å²) in [5.41, 5.74) is 0. The number of hydrogen-bond donors (Lipinski definition) is 2. The fourth-order valence-corrected chi connectivity index (χ4v) is 1.69. The molecular formula is C11H16NO6Y-. The maximum absolute atomic E-state index is 11.0. The molecule has 0 saturated carbocycles. The summed E-state index contributed by atoms with van der Waals surface area (Å²) in [5.74, 6) is -2.87. The van der Waals surface area contributed by atoms with E-state index in [9.17, 15) is 19.2 Å². The topological polar surface area (TPSA) is 112 Å². The molecule has 0 aromatic heterocycles. The van der Waals surface area contributed by atoms with Gasteiger partial charge in [-0.1, -0.05) is 6.54 Å². The standard InChI is InChI=1S/C11H16NO6.Y/c1-8(14)4-9(5-10(15)16)6-12(2-3-13)7-11(17)18;/h9H,2,4-7H2,1H3,(H,15,16)(H,17,18);/q-1;. The van der Waals surface area contributed by atoms with Crippen LogP contribution in [0.2, 0.25) is 0 Å². The van der Waals surface area contributed by atoms with Gasteiger partial charge in [0.15, 0.2) is 0 Å². The van der Waals surface area contributed by atoms with Gasteiger partial charge < -0.3 is 24.7 Å². The van der Waals surface area contributed by atoms with Crippen molar-refractivity contribution in [1.82, 2.24) is 4.90 Å². The van der Waals surface area contributed by atoms with Gasteiger partial charge in [-0.2, -0.15) is 0 Å². The van der Waals surface area contributed by atoms with Crippen molar-refractivity contribution >= 4 is 24.0 Å². The van der Waals surface area contributed by atoms with Crippen LogP contribution in [0.1, 0.15) is 19.8 Å². The van der Waals surface area contributed by atoms with E-state index in [1.165, 1.54) is 11.8 Å². The van der Waals surface area contributed by atoms with Crippen LogP contribution in [0, 0.1) is 5.92 Å². The molecule has 0 rings (SSSR count). The summed E-state index contributed by atoms with van der Waals surface area (Å²) in [5, 5.41) is 17.3. The summed E-state index contributed by atoms with van der Waals surface area (Å²) >= 11 is 0. The first kappa shape index (κ1) is 20.7. The predicted octanol–water partition coefficient (Wildman–Crippen LogP) is -0.450. The van der Waals surface area contributed by atoms with Crippen molar-refractivity contribution in [3.05, 3.63) is 0 Å². The summed E-state index contributed by atoms with van der Waals surface area (Å²) in [6.45, 7) is 0.791. The van der Waals surface area contributed by atoms with Gasteiger partial charge in [-0.25, -0.2) is 6.29 Å². The molecule has 8 heteroatoms. The van der Waals surface area contributed by atoms with Gasteiger partial charge >= 0.3 is 11.9 Å². The molecule has 0 heterocycles. The minimum atomic E-state index is -1.12. The van der Waals surface area contributed by atoms with Gasteiger partial charge in [-0.3, -0.25) is 9.59 Å². The third kappa shape index (κ3) is 12.1. The third-order valence-electron chi connectivity index (χ3n) is 2.20. The van der Waals surface area contributed by atoms with Crippen LogP contribution in [0.15, 0.2) is 0 Å². The van der Waals surface area contributed by atoms with E-state index in [4.69, 9.17) is 10.2 Å². The quantitative estimate of drug-likeness (QED) is 0.515. The normalized spacial score (nSPS) is 11.5. The van der Waals surface area contributed by atoms with Gasteiger partial charge in [-0.05, 0) is 19.4 Å². The van der Waals surface area contributed by atoms with Crippen LogP contribution in [-0.4, -0.2) is 58.8 Å². The molecule has 1 unspecified atom stereocenters. The average molecular weight is 347 g/mol. The van der Waals surface area contributed by atoms with Gasteiger partial charge in [0.1, 0.15) is 5.78 Å². The Balaban J connectivity index is 0. The molecule has 1 atom stereocenters. The molecule has 2 N–H and O–H groups in total. The van der Waals surface area contributed by atoms with Crippen LogP contribution in [0.4, 0.5) is 0 Å². The molecule has 0 aromatic carbocycles. The second-order valence-corrected chi connectivity index (χ2v) is 4.08. The molecule has 0 amide bonds. The molecule has 0 spiro atoms. The van der Waals surface area contributed by atoms with Crippen molar-refractivity contribution in [1.29, 1.82) is 0 Å². The largest absolute Gasteiger partial charge is 0.541 e. The zero-order valence-corrected chi connectivity index (χ0v) is 13.5. The molecule has 0 aliphatic carbocycles. The maximum atomic E-state index is 11.0. The van der Waals surface area contributed by atoms with Gasteiger partial charge in [0.2, 0.25) is 0 Å². The zero-order chi connectivity index (χ0) is 14.1. The molecule has 7 nitrogen and oxygen atoms in total. The Morgan fingerprint density at radius 2 is 1.74 bits per heavy atom. The predicted molar refractivity (Wildman–Crippen MR) is 60.8 cm³/mol. The van der Waals surface area contributed by atoms with Crippen LogP contribution in [0.3, 0.4) is 0 Å². The van der Waals surface area contributed by atoms with Crippen LogP contribution < -0.4 is 0 Å². The van der Waals surface area contributed by atoms with Crippen LogP contribution >= 0.6 is 0 Å². The van der Waals surface area contributed by atoms with Crippen molar-refractivity contribution in [3.63, 3.8) is 0 Å². The maximum Gasteiger partial charge on any atom is 0.317 e. The monoisotopic (exact) mass is 347 g/mol. The molecule has 0 aliphatic heterocycles. The van der Waals surface area contributed by atoms with Gasteiger partial charge in [0, 0.05) is 45.6 Å². The smallest absolute Gasteiger partial charge is 0.317 e. The Bertz CT molecular complexity index is 317. The molecule has 19 heavy (non-hydrogen) atoms. The van der Waals surface area contributed by atoms with Crippen LogP contribution in [-0.2, 0) is 51.9 Å². The number of rotatable bonds is 10. The molecule has 0 bridgehead atoms. The number of nitrogens with zero attached hydrogens (tertiary/aromatic N) is 1. The number of carbonyl (C=O) groups excluding carboxylic acids is 2. The Labute approximate surface area is 136 Å². The van der Waals surface area contributed by atoms with Gasteiger partial charge in [-0.15, -0.1) is 0 Å². The first-order chi connectivity index (χ1) is 8.35. The molecule has 0 aliphatic rings. The van der Waals surface area contributed by atoms with Crippen LogP contribution in [0.25, 0.3) is 0 Å². The Kier molecular flexibility index (Phi) is 12.2. The molecule has 0 fully saturated rings. The summed E-state index contributed by atoms with van der Waals surface area (Å²) in [7, 11) is 0. The van der Waals surface area contributed by atoms with E-state index in [0.717, 1.165) is 0 Å². The fraction of sp³-hybridized carbons (Fsp3) is 0.636. The fourth-order valence-electron chi connectivity index (χ4n) is 1.69. The van der Waals surface area contributed by atoms with E-state index in [1.54, 1.807) is 6.29 Å². The van der Waals surface area contributed by atoms with E-state index in [0.29, 0.717) is 0 Å². The number of carboxylic acid groups (broad SMARTS) is 2. The second-order valence-electron chi connectivity index (χ2n) is 4.08. The average Bonchev–Trinajstić information content (AvgIpc) is 2.13. The van der Waals surface area contributed by atoms with Gasteiger partial charge in [0.05, 0.1) is 6.54 Å². The number of Topliss-reactive ketones (excluding diaryl/α,β-unsaturated/α-hetero) is 1. The summed E-state index contributed by atoms with van der Waals surface area (Å²) < 4.78 is 0. The van der Waals surface area contributed by atoms with E-state index in [2.05, 4.69) is 0 Å². The Hall–Kier alpha value is -0.656. The van der Waals surface area contributed by atoms with Crippen molar-refractivity contribution < 1.29 is 62.1 Å².